The Hall–Kier alpha value is -2.34. The van der Waals surface area contributed by atoms with Crippen LogP contribution in [-0.4, -0.2) is 21.4 Å². The minimum atomic E-state index is -3.64. The van der Waals surface area contributed by atoms with Crippen molar-refractivity contribution in [2.24, 2.45) is 0 Å². The van der Waals surface area contributed by atoms with E-state index in [4.69, 9.17) is 0 Å². The molecule has 2 aromatic carbocycles. The van der Waals surface area contributed by atoms with Gasteiger partial charge in [-0.15, -0.1) is 0 Å². The zero-order valence-corrected chi connectivity index (χ0v) is 11.6. The number of hydrogen-bond donors (Lipinski definition) is 2. The number of anilines is 1. The molecule has 0 fully saturated rings. The topological polar surface area (TPSA) is 75.3 Å². The lowest BCUT2D eigenvalue weighted by Gasteiger charge is -2.09. The highest BCUT2D eigenvalue weighted by Crippen LogP contribution is 2.16. The van der Waals surface area contributed by atoms with Gasteiger partial charge in [0.2, 0.25) is 0 Å². The van der Waals surface area contributed by atoms with Crippen molar-refractivity contribution in [3.05, 3.63) is 60.2 Å². The molecule has 0 atom stereocenters. The number of nitrogens with one attached hydrogen (secondary N) is 2. The highest BCUT2D eigenvalue weighted by Gasteiger charge is 2.14. The van der Waals surface area contributed by atoms with Gasteiger partial charge in [-0.2, -0.15) is 0 Å². The largest absolute Gasteiger partial charge is 0.355 e. The number of carbonyl (C=O) groups is 1. The third-order valence-electron chi connectivity index (χ3n) is 2.66. The van der Waals surface area contributed by atoms with Crippen molar-refractivity contribution in [1.29, 1.82) is 0 Å². The van der Waals surface area contributed by atoms with Gasteiger partial charge in [-0.25, -0.2) is 8.42 Å². The van der Waals surface area contributed by atoms with Crippen LogP contribution in [0.1, 0.15) is 10.4 Å². The van der Waals surface area contributed by atoms with E-state index >= 15 is 0 Å². The van der Waals surface area contributed by atoms with Crippen molar-refractivity contribution in [1.82, 2.24) is 5.32 Å². The van der Waals surface area contributed by atoms with Crippen LogP contribution in [-0.2, 0) is 10.0 Å². The fraction of sp³-hybridized carbons (Fsp3) is 0.0714. The van der Waals surface area contributed by atoms with Crippen LogP contribution in [0.25, 0.3) is 0 Å². The fourth-order valence-electron chi connectivity index (χ4n) is 1.68. The molecule has 0 heterocycles. The standard InChI is InChI=1S/C14H14N2O3S/c1-15-14(17)11-6-5-7-12(10-11)16-20(18,19)13-8-3-2-4-9-13/h2-10,16H,1H3,(H,15,17). The predicted octanol–water partition coefficient (Wildman–Crippen LogP) is 1.85. The summed E-state index contributed by atoms with van der Waals surface area (Å²) in [5.41, 5.74) is 0.732. The molecule has 104 valence electrons. The number of carbonyl (C=O) groups excluding carboxylic acids is 1. The van der Waals surface area contributed by atoms with Crippen molar-refractivity contribution in [2.75, 3.05) is 11.8 Å². The fourth-order valence-corrected chi connectivity index (χ4v) is 2.75. The molecule has 6 heteroatoms. The van der Waals surface area contributed by atoms with Gasteiger partial charge >= 0.3 is 0 Å². The molecule has 0 saturated carbocycles. The van der Waals surface area contributed by atoms with Gasteiger partial charge < -0.3 is 5.32 Å². The lowest BCUT2D eigenvalue weighted by atomic mass is 10.2. The van der Waals surface area contributed by atoms with Gasteiger partial charge in [-0.05, 0) is 30.3 Å². The zero-order valence-electron chi connectivity index (χ0n) is 10.8. The van der Waals surface area contributed by atoms with Crippen molar-refractivity contribution < 1.29 is 13.2 Å². The molecule has 0 bridgehead atoms. The normalized spacial score (nSPS) is 10.8. The van der Waals surface area contributed by atoms with E-state index in [1.165, 1.54) is 25.2 Å². The second-order valence-electron chi connectivity index (χ2n) is 4.08. The quantitative estimate of drug-likeness (QED) is 0.902. The summed E-state index contributed by atoms with van der Waals surface area (Å²) >= 11 is 0. The molecule has 20 heavy (non-hydrogen) atoms. The Morgan fingerprint density at radius 2 is 1.70 bits per heavy atom. The molecule has 0 saturated heterocycles. The minimum Gasteiger partial charge on any atom is -0.355 e. The number of sulfonamides is 1. The van der Waals surface area contributed by atoms with Crippen LogP contribution in [0.2, 0.25) is 0 Å². The van der Waals surface area contributed by atoms with Gasteiger partial charge in [0.25, 0.3) is 15.9 Å². The van der Waals surface area contributed by atoms with E-state index in [1.54, 1.807) is 36.4 Å². The Balaban J connectivity index is 2.29. The first-order valence-corrected chi connectivity index (χ1v) is 7.41. The molecular formula is C14H14N2O3S. The van der Waals surface area contributed by atoms with Crippen LogP contribution in [0.4, 0.5) is 5.69 Å². The van der Waals surface area contributed by atoms with Gasteiger partial charge in [0.05, 0.1) is 4.90 Å². The number of rotatable bonds is 4. The van der Waals surface area contributed by atoms with E-state index in [9.17, 15) is 13.2 Å². The maximum absolute atomic E-state index is 12.1. The highest BCUT2D eigenvalue weighted by molar-refractivity contribution is 7.92. The van der Waals surface area contributed by atoms with Crippen LogP contribution < -0.4 is 10.0 Å². The van der Waals surface area contributed by atoms with Crippen LogP contribution in [0.5, 0.6) is 0 Å². The first-order chi connectivity index (χ1) is 9.53. The molecule has 2 N–H and O–H groups in total. The smallest absolute Gasteiger partial charge is 0.261 e. The van der Waals surface area contributed by atoms with Gasteiger partial charge in [0.15, 0.2) is 0 Å². The monoisotopic (exact) mass is 290 g/mol. The van der Waals surface area contributed by atoms with Crippen molar-refractivity contribution in [3.63, 3.8) is 0 Å². The molecule has 5 nitrogen and oxygen atoms in total. The van der Waals surface area contributed by atoms with Gasteiger partial charge in [-0.3, -0.25) is 9.52 Å². The molecule has 1 amide bonds. The Morgan fingerprint density at radius 1 is 1.00 bits per heavy atom. The Bertz CT molecular complexity index is 712. The Kier molecular flexibility index (Phi) is 4.05. The molecule has 2 aromatic rings. The second kappa shape index (κ2) is 5.75. The van der Waals surface area contributed by atoms with E-state index in [2.05, 4.69) is 10.0 Å². The summed E-state index contributed by atoms with van der Waals surface area (Å²) in [7, 11) is -2.13. The molecule has 0 aromatic heterocycles. The van der Waals surface area contributed by atoms with Crippen LogP contribution in [0, 0.1) is 0 Å². The maximum atomic E-state index is 12.1. The molecular weight excluding hydrogens is 276 g/mol. The van der Waals surface area contributed by atoms with E-state index < -0.39 is 10.0 Å². The average Bonchev–Trinajstić information content (AvgIpc) is 2.47. The molecule has 0 aliphatic rings. The average molecular weight is 290 g/mol. The van der Waals surface area contributed by atoms with Crippen LogP contribution in [0.3, 0.4) is 0 Å². The molecule has 0 spiro atoms. The predicted molar refractivity (Wildman–Crippen MR) is 77.1 cm³/mol. The van der Waals surface area contributed by atoms with Crippen molar-refractivity contribution in [2.45, 2.75) is 4.90 Å². The van der Waals surface area contributed by atoms with Crippen LogP contribution in [0.15, 0.2) is 59.5 Å². The van der Waals surface area contributed by atoms with Gasteiger partial charge in [0, 0.05) is 18.3 Å². The first kappa shape index (κ1) is 14.1. The van der Waals surface area contributed by atoms with Crippen molar-refractivity contribution >= 4 is 21.6 Å². The second-order valence-corrected chi connectivity index (χ2v) is 5.76. The number of amides is 1. The van der Waals surface area contributed by atoms with Gasteiger partial charge in [0.1, 0.15) is 0 Å². The summed E-state index contributed by atoms with van der Waals surface area (Å²) in [6.07, 6.45) is 0. The lowest BCUT2D eigenvalue weighted by molar-refractivity contribution is 0.0963. The molecule has 0 radical (unpaired) electrons. The Morgan fingerprint density at radius 3 is 2.35 bits per heavy atom. The maximum Gasteiger partial charge on any atom is 0.261 e. The molecule has 2 rings (SSSR count). The summed E-state index contributed by atoms with van der Waals surface area (Å²) in [6, 6.07) is 14.4. The minimum absolute atomic E-state index is 0.172. The SMILES string of the molecule is CNC(=O)c1cccc(NS(=O)(=O)c2ccccc2)c1. The van der Waals surface area contributed by atoms with E-state index in [0.29, 0.717) is 11.3 Å². The van der Waals surface area contributed by atoms with Gasteiger partial charge in [-0.1, -0.05) is 24.3 Å². The summed E-state index contributed by atoms with van der Waals surface area (Å²) in [5.74, 6) is -0.272. The zero-order chi connectivity index (χ0) is 14.6. The third-order valence-corrected chi connectivity index (χ3v) is 4.05. The lowest BCUT2D eigenvalue weighted by Crippen LogP contribution is -2.18. The summed E-state index contributed by atoms with van der Waals surface area (Å²) < 4.78 is 26.7. The summed E-state index contributed by atoms with van der Waals surface area (Å²) in [4.78, 5) is 11.7. The van der Waals surface area contributed by atoms with E-state index in [-0.39, 0.29) is 10.8 Å². The molecule has 0 aliphatic heterocycles. The van der Waals surface area contributed by atoms with Crippen molar-refractivity contribution in [3.8, 4) is 0 Å². The molecule has 0 unspecified atom stereocenters. The summed E-state index contributed by atoms with van der Waals surface area (Å²) in [6.45, 7) is 0. The third kappa shape index (κ3) is 3.16. The number of benzene rings is 2. The first-order valence-electron chi connectivity index (χ1n) is 5.93. The molecule has 0 aliphatic carbocycles. The van der Waals surface area contributed by atoms with Crippen LogP contribution >= 0.6 is 0 Å². The van der Waals surface area contributed by atoms with E-state index in [1.807, 2.05) is 0 Å². The highest BCUT2D eigenvalue weighted by atomic mass is 32.2. The number of hydrogen-bond acceptors (Lipinski definition) is 3. The van der Waals surface area contributed by atoms with E-state index in [0.717, 1.165) is 0 Å². The Labute approximate surface area is 117 Å². The summed E-state index contributed by atoms with van der Waals surface area (Å²) in [5, 5.41) is 2.49.